The first-order valence-electron chi connectivity index (χ1n) is 6.12. The second-order valence-corrected chi connectivity index (χ2v) is 4.78. The Balaban J connectivity index is 2.12. The number of aryl methyl sites for hydroxylation is 1. The second-order valence-electron chi connectivity index (χ2n) is 4.78. The summed E-state index contributed by atoms with van der Waals surface area (Å²) >= 11 is 0. The predicted octanol–water partition coefficient (Wildman–Crippen LogP) is 1.29. The van der Waals surface area contributed by atoms with Crippen molar-refractivity contribution in [3.05, 3.63) is 18.2 Å². The molecule has 0 bridgehead atoms. The van der Waals surface area contributed by atoms with Gasteiger partial charge in [0.15, 0.2) is 0 Å². The standard InChI is InChI=1S/C12H22N4/c1-15-9-14-8-12(15)11(7-13)16(2)10-5-3-4-6-10/h8-11H,3-7,13H2,1-2H3. The maximum absolute atomic E-state index is 5.92. The van der Waals surface area contributed by atoms with E-state index in [1.807, 2.05) is 19.6 Å². The molecule has 4 nitrogen and oxygen atoms in total. The minimum Gasteiger partial charge on any atom is -0.336 e. The topological polar surface area (TPSA) is 47.1 Å². The third kappa shape index (κ3) is 2.13. The summed E-state index contributed by atoms with van der Waals surface area (Å²) in [6, 6.07) is 0.999. The number of hydrogen-bond donors (Lipinski definition) is 1. The average molecular weight is 222 g/mol. The van der Waals surface area contributed by atoms with E-state index in [1.54, 1.807) is 0 Å². The normalized spacial score (nSPS) is 19.5. The quantitative estimate of drug-likeness (QED) is 0.835. The third-order valence-electron chi connectivity index (χ3n) is 3.81. The highest BCUT2D eigenvalue weighted by Gasteiger charge is 2.27. The van der Waals surface area contributed by atoms with Gasteiger partial charge in [-0.2, -0.15) is 0 Å². The van der Waals surface area contributed by atoms with E-state index in [1.165, 1.54) is 31.4 Å². The van der Waals surface area contributed by atoms with Crippen LogP contribution >= 0.6 is 0 Å². The highest BCUT2D eigenvalue weighted by atomic mass is 15.2. The van der Waals surface area contributed by atoms with Crippen LogP contribution in [0.4, 0.5) is 0 Å². The number of imidazole rings is 1. The molecule has 1 aliphatic carbocycles. The van der Waals surface area contributed by atoms with Crippen molar-refractivity contribution in [3.8, 4) is 0 Å². The fourth-order valence-electron chi connectivity index (χ4n) is 2.75. The maximum atomic E-state index is 5.92. The average Bonchev–Trinajstić information content (AvgIpc) is 2.91. The van der Waals surface area contributed by atoms with Gasteiger partial charge in [0, 0.05) is 25.8 Å². The van der Waals surface area contributed by atoms with Crippen molar-refractivity contribution >= 4 is 0 Å². The Bertz CT molecular complexity index is 328. The number of likely N-dealkylation sites (N-methyl/N-ethyl adjacent to an activating group) is 1. The summed E-state index contributed by atoms with van der Waals surface area (Å²) in [5.74, 6) is 0. The summed E-state index contributed by atoms with van der Waals surface area (Å²) in [6.45, 7) is 0.659. The Hall–Kier alpha value is -0.870. The van der Waals surface area contributed by atoms with E-state index in [-0.39, 0.29) is 0 Å². The Labute approximate surface area is 97.4 Å². The van der Waals surface area contributed by atoms with Gasteiger partial charge in [0.1, 0.15) is 0 Å². The lowest BCUT2D eigenvalue weighted by Crippen LogP contribution is -2.38. The molecule has 4 heteroatoms. The molecule has 0 aromatic carbocycles. The Morgan fingerprint density at radius 2 is 2.25 bits per heavy atom. The van der Waals surface area contributed by atoms with Gasteiger partial charge in [-0.05, 0) is 19.9 Å². The largest absolute Gasteiger partial charge is 0.336 e. The highest BCUT2D eigenvalue weighted by molar-refractivity contribution is 5.06. The predicted molar refractivity (Wildman–Crippen MR) is 65.0 cm³/mol. The molecule has 0 aliphatic heterocycles. The van der Waals surface area contributed by atoms with E-state index in [0.29, 0.717) is 18.6 Å². The minimum atomic E-state index is 0.301. The molecule has 1 atom stereocenters. The molecule has 1 unspecified atom stereocenters. The minimum absolute atomic E-state index is 0.301. The molecule has 2 rings (SSSR count). The number of nitrogens with two attached hydrogens (primary N) is 1. The first-order chi connectivity index (χ1) is 7.74. The fraction of sp³-hybridized carbons (Fsp3) is 0.750. The summed E-state index contributed by atoms with van der Waals surface area (Å²) in [7, 11) is 4.23. The van der Waals surface area contributed by atoms with E-state index in [4.69, 9.17) is 5.73 Å². The summed E-state index contributed by atoms with van der Waals surface area (Å²) in [5.41, 5.74) is 7.14. The van der Waals surface area contributed by atoms with E-state index < -0.39 is 0 Å². The first kappa shape index (κ1) is 11.6. The number of hydrogen-bond acceptors (Lipinski definition) is 3. The van der Waals surface area contributed by atoms with Crippen molar-refractivity contribution < 1.29 is 0 Å². The van der Waals surface area contributed by atoms with E-state index in [0.717, 1.165) is 0 Å². The lowest BCUT2D eigenvalue weighted by molar-refractivity contribution is 0.174. The zero-order valence-corrected chi connectivity index (χ0v) is 10.3. The van der Waals surface area contributed by atoms with Gasteiger partial charge in [0.05, 0.1) is 18.1 Å². The summed E-state index contributed by atoms with van der Waals surface area (Å²) in [4.78, 5) is 6.61. The number of aromatic nitrogens is 2. The molecule has 1 heterocycles. The van der Waals surface area contributed by atoms with Crippen LogP contribution in [0.25, 0.3) is 0 Å². The van der Waals surface area contributed by atoms with Crippen molar-refractivity contribution in [3.63, 3.8) is 0 Å². The van der Waals surface area contributed by atoms with Gasteiger partial charge in [-0.1, -0.05) is 12.8 Å². The van der Waals surface area contributed by atoms with Crippen molar-refractivity contribution in [2.45, 2.75) is 37.8 Å². The van der Waals surface area contributed by atoms with E-state index >= 15 is 0 Å². The lowest BCUT2D eigenvalue weighted by atomic mass is 10.1. The van der Waals surface area contributed by atoms with Crippen LogP contribution in [-0.4, -0.2) is 34.1 Å². The molecule has 90 valence electrons. The molecule has 1 aliphatic rings. The fourth-order valence-corrected chi connectivity index (χ4v) is 2.75. The van der Waals surface area contributed by atoms with Crippen molar-refractivity contribution in [2.75, 3.05) is 13.6 Å². The van der Waals surface area contributed by atoms with Gasteiger partial charge in [0.2, 0.25) is 0 Å². The molecule has 0 spiro atoms. The Morgan fingerprint density at radius 1 is 1.56 bits per heavy atom. The summed E-state index contributed by atoms with van der Waals surface area (Å²) in [5, 5.41) is 0. The molecule has 1 fully saturated rings. The SMILES string of the molecule is CN(C1CCCC1)C(CN)c1cncn1C. The maximum Gasteiger partial charge on any atom is 0.0946 e. The van der Waals surface area contributed by atoms with Crippen LogP contribution in [-0.2, 0) is 7.05 Å². The smallest absolute Gasteiger partial charge is 0.0946 e. The van der Waals surface area contributed by atoms with Crippen LogP contribution in [0.1, 0.15) is 37.4 Å². The molecule has 1 saturated carbocycles. The molecule has 1 aromatic heterocycles. The van der Waals surface area contributed by atoms with Gasteiger partial charge in [0.25, 0.3) is 0 Å². The van der Waals surface area contributed by atoms with Crippen LogP contribution in [0.2, 0.25) is 0 Å². The van der Waals surface area contributed by atoms with Crippen LogP contribution in [0.5, 0.6) is 0 Å². The molecule has 16 heavy (non-hydrogen) atoms. The molecule has 0 radical (unpaired) electrons. The van der Waals surface area contributed by atoms with Crippen molar-refractivity contribution in [1.82, 2.24) is 14.5 Å². The molecule has 0 amide bonds. The molecule has 1 aromatic rings. The van der Waals surface area contributed by atoms with Gasteiger partial charge >= 0.3 is 0 Å². The monoisotopic (exact) mass is 222 g/mol. The zero-order valence-electron chi connectivity index (χ0n) is 10.3. The summed E-state index contributed by atoms with van der Waals surface area (Å²) in [6.07, 6.45) is 9.12. The van der Waals surface area contributed by atoms with Crippen molar-refractivity contribution in [2.24, 2.45) is 12.8 Å². The van der Waals surface area contributed by atoms with Crippen LogP contribution in [0.15, 0.2) is 12.5 Å². The van der Waals surface area contributed by atoms with E-state index in [9.17, 15) is 0 Å². The number of nitrogens with zero attached hydrogens (tertiary/aromatic N) is 3. The molecule has 0 saturated heterocycles. The van der Waals surface area contributed by atoms with Crippen LogP contribution < -0.4 is 5.73 Å². The second kappa shape index (κ2) is 4.97. The van der Waals surface area contributed by atoms with E-state index in [2.05, 4.69) is 21.5 Å². The zero-order chi connectivity index (χ0) is 11.5. The Morgan fingerprint density at radius 3 is 2.75 bits per heavy atom. The van der Waals surface area contributed by atoms with Gasteiger partial charge in [-0.25, -0.2) is 4.98 Å². The third-order valence-corrected chi connectivity index (χ3v) is 3.81. The first-order valence-corrected chi connectivity index (χ1v) is 6.12. The van der Waals surface area contributed by atoms with Crippen molar-refractivity contribution in [1.29, 1.82) is 0 Å². The Kier molecular flexibility index (Phi) is 3.61. The van der Waals surface area contributed by atoms with Crippen LogP contribution in [0, 0.1) is 0 Å². The van der Waals surface area contributed by atoms with Crippen LogP contribution in [0.3, 0.4) is 0 Å². The van der Waals surface area contributed by atoms with Gasteiger partial charge < -0.3 is 10.3 Å². The van der Waals surface area contributed by atoms with Gasteiger partial charge in [-0.15, -0.1) is 0 Å². The lowest BCUT2D eigenvalue weighted by Gasteiger charge is -2.32. The number of rotatable bonds is 4. The molecule has 2 N–H and O–H groups in total. The summed E-state index contributed by atoms with van der Waals surface area (Å²) < 4.78 is 2.07. The molecular formula is C12H22N4. The van der Waals surface area contributed by atoms with Gasteiger partial charge in [-0.3, -0.25) is 4.90 Å². The highest BCUT2D eigenvalue weighted by Crippen LogP contribution is 2.28. The molecular weight excluding hydrogens is 200 g/mol.